The van der Waals surface area contributed by atoms with Gasteiger partial charge in [0.1, 0.15) is 61.3 Å². The van der Waals surface area contributed by atoms with Gasteiger partial charge in [0.05, 0.1) is 58.9 Å². The fourth-order valence-corrected chi connectivity index (χ4v) is 14.5. The molecule has 6 aromatic carbocycles. The van der Waals surface area contributed by atoms with Gasteiger partial charge >= 0.3 is 20.8 Å². The molecule has 3 aliphatic rings. The number of aromatic amines is 1. The molecule has 546 valence electrons. The van der Waals surface area contributed by atoms with Crippen LogP contribution in [0.4, 0.5) is 27.0 Å². The van der Waals surface area contributed by atoms with Crippen molar-refractivity contribution in [2.75, 3.05) is 88.8 Å². The van der Waals surface area contributed by atoms with Gasteiger partial charge < -0.3 is 62.1 Å². The zero-order valence-corrected chi connectivity index (χ0v) is 59.9. The predicted octanol–water partition coefficient (Wildman–Crippen LogP) is 11.7. The standard InChI is InChI=1S/C75H79N12O16PS/c1-6-35-99-104(100-42-60-58(88)38-63(101-60)86-44-78-65-67(76-43-77-68(65)86)82-70(90)46-22-28-50(29-23-46)80-73(92)96-36-37-105-5)103-59-39-64(102-61(59)41-98-75(47-15-8-7-9-16-47,48-24-30-51(94-3)31-25-48)49-26-32-52(95-4)33-27-49)87-45-79-66-69(87)83-72(84-71(66)91)81-62(89)21-14-34-85(2)74(93)97-40-57-55-19-12-10-17-53(55)54-18-11-13-20-56(54)57/h7-13,15-20,22-33,43-45,57-61,63-64,88H,6,14,21,34-42H2,1-5H3,(H,80,92)(H,76,77,82,90)(H2,81,83,84,89,91)/t58?,59?,60-,61-,63-,64-,104?/m1/s1. The largest absolute Gasteiger partial charge is 0.497 e. The third-order valence-corrected chi connectivity index (χ3v) is 20.1. The Labute approximate surface area is 609 Å². The van der Waals surface area contributed by atoms with E-state index in [4.69, 9.17) is 51.7 Å². The number of methoxy groups -OCH3 is 2. The summed E-state index contributed by atoms with van der Waals surface area (Å²) < 4.78 is 66.3. The molecule has 0 radical (unpaired) electrons. The van der Waals surface area contributed by atoms with Gasteiger partial charge in [-0.2, -0.15) is 16.7 Å². The molecule has 13 rings (SSSR count). The van der Waals surface area contributed by atoms with Crippen molar-refractivity contribution in [3.63, 3.8) is 0 Å². The number of imidazole rings is 2. The molecule has 2 saturated heterocycles. The second-order valence-electron chi connectivity index (χ2n) is 25.1. The van der Waals surface area contributed by atoms with Crippen molar-refractivity contribution in [1.82, 2.24) is 43.9 Å². The van der Waals surface area contributed by atoms with Gasteiger partial charge in [-0.05, 0) is 107 Å². The summed E-state index contributed by atoms with van der Waals surface area (Å²) in [6, 6.07) is 47.5. The first-order valence-corrected chi connectivity index (χ1v) is 36.8. The van der Waals surface area contributed by atoms with Crippen molar-refractivity contribution in [2.24, 2.45) is 0 Å². The Bertz CT molecular complexity index is 4630. The number of ether oxygens (including phenoxy) is 7. The third kappa shape index (κ3) is 16.5. The highest BCUT2D eigenvalue weighted by atomic mass is 32.2. The number of thioether (sulfide) groups is 1. The lowest BCUT2D eigenvalue weighted by Crippen LogP contribution is -2.38. The average Bonchev–Trinajstić information content (AvgIpc) is 0.999. The summed E-state index contributed by atoms with van der Waals surface area (Å²) in [6.45, 7) is 2.49. The van der Waals surface area contributed by atoms with E-state index in [1.807, 2.05) is 116 Å². The molecule has 0 spiro atoms. The molecule has 5 N–H and O–H groups in total. The number of benzene rings is 6. The van der Waals surface area contributed by atoms with Gasteiger partial charge in [0.2, 0.25) is 11.9 Å². The van der Waals surface area contributed by atoms with E-state index in [1.165, 1.54) is 23.9 Å². The van der Waals surface area contributed by atoms with E-state index in [2.05, 4.69) is 65.1 Å². The Morgan fingerprint density at radius 1 is 0.695 bits per heavy atom. The van der Waals surface area contributed by atoms with Crippen LogP contribution in [0.25, 0.3) is 33.5 Å². The van der Waals surface area contributed by atoms with Crippen LogP contribution < -0.4 is 31.0 Å². The van der Waals surface area contributed by atoms with Gasteiger partial charge in [0.15, 0.2) is 28.1 Å². The van der Waals surface area contributed by atoms with Gasteiger partial charge in [0.25, 0.3) is 11.5 Å². The van der Waals surface area contributed by atoms with Crippen LogP contribution in [0.2, 0.25) is 0 Å². The second kappa shape index (κ2) is 33.7. The summed E-state index contributed by atoms with van der Waals surface area (Å²) in [5.41, 5.74) is 6.23. The SMILES string of the molecule is CCCOP(OC[C@H]1O[C@@H](n2cnc3c(NC(=O)c4ccc(NC(=O)OCCSC)cc4)ncnc32)CC1O)OC1C[C@H](n2cnc3c(=O)[nH]c(NC(=O)CCCN(C)C(=O)OCC4c5ccccc5-c5ccccc54)nc32)O[C@@H]1COC(c1ccccc1)(c1ccc(OC)cc1)c1ccc(OC)cc1. The van der Waals surface area contributed by atoms with E-state index in [9.17, 15) is 29.1 Å². The van der Waals surface area contributed by atoms with Gasteiger partial charge in [-0.15, -0.1) is 0 Å². The third-order valence-electron chi connectivity index (χ3n) is 18.3. The summed E-state index contributed by atoms with van der Waals surface area (Å²) in [7, 11) is 2.57. The minimum Gasteiger partial charge on any atom is -0.497 e. The van der Waals surface area contributed by atoms with Crippen LogP contribution >= 0.6 is 20.4 Å². The number of aliphatic hydroxyl groups excluding tert-OH is 1. The van der Waals surface area contributed by atoms with Gasteiger partial charge in [-0.25, -0.2) is 29.5 Å². The van der Waals surface area contributed by atoms with Crippen molar-refractivity contribution in [1.29, 1.82) is 0 Å². The number of aliphatic hydroxyl groups is 1. The van der Waals surface area contributed by atoms with Crippen LogP contribution in [0.5, 0.6) is 11.5 Å². The van der Waals surface area contributed by atoms with Crippen molar-refractivity contribution >= 4 is 84.1 Å². The maximum Gasteiger partial charge on any atom is 0.411 e. The quantitative estimate of drug-likeness (QED) is 0.0153. The lowest BCUT2D eigenvalue weighted by molar-refractivity contribution is -0.116. The Morgan fingerprint density at radius 2 is 1.33 bits per heavy atom. The highest BCUT2D eigenvalue weighted by molar-refractivity contribution is 7.98. The van der Waals surface area contributed by atoms with Crippen LogP contribution in [-0.4, -0.2) is 170 Å². The van der Waals surface area contributed by atoms with Crippen LogP contribution in [0.3, 0.4) is 0 Å². The zero-order chi connectivity index (χ0) is 73.0. The molecule has 4 amide bonds. The Hall–Kier alpha value is -10.2. The molecule has 1 aliphatic carbocycles. The van der Waals surface area contributed by atoms with E-state index in [1.54, 1.807) is 66.4 Å². The number of carbonyl (C=O) groups is 4. The molecule has 0 bridgehead atoms. The maximum absolute atomic E-state index is 13.9. The molecule has 28 nitrogen and oxygen atoms in total. The second-order valence-corrected chi connectivity index (χ2v) is 27.2. The number of hydrogen-bond acceptors (Lipinski definition) is 22. The fourth-order valence-electron chi connectivity index (χ4n) is 13.0. The summed E-state index contributed by atoms with van der Waals surface area (Å²) in [6.07, 6.45) is 0.654. The highest BCUT2D eigenvalue weighted by Crippen LogP contribution is 2.50. The minimum absolute atomic E-state index is 0.0233. The Morgan fingerprint density at radius 3 is 2.01 bits per heavy atom. The smallest absolute Gasteiger partial charge is 0.411 e. The zero-order valence-electron chi connectivity index (χ0n) is 58.2. The molecule has 0 saturated carbocycles. The molecule has 4 aromatic heterocycles. The van der Waals surface area contributed by atoms with E-state index < -0.39 is 80.6 Å². The van der Waals surface area contributed by atoms with Gasteiger partial charge in [-0.3, -0.25) is 39.1 Å². The van der Waals surface area contributed by atoms with Crippen LogP contribution in [-0.2, 0) is 47.7 Å². The lowest BCUT2D eigenvalue weighted by atomic mass is 9.80. The molecule has 2 fully saturated rings. The number of nitrogens with one attached hydrogen (secondary N) is 4. The maximum atomic E-state index is 13.9. The summed E-state index contributed by atoms with van der Waals surface area (Å²) in [5.74, 6) is 0.867. The van der Waals surface area contributed by atoms with Crippen LogP contribution in [0, 0.1) is 0 Å². The predicted molar refractivity (Wildman–Crippen MR) is 392 cm³/mol. The molecule has 7 atom stereocenters. The van der Waals surface area contributed by atoms with E-state index in [0.29, 0.717) is 35.0 Å². The number of rotatable bonds is 31. The molecule has 10 aromatic rings. The van der Waals surface area contributed by atoms with Crippen LogP contribution in [0.1, 0.15) is 95.6 Å². The molecular weight excluding hydrogens is 1390 g/mol. The van der Waals surface area contributed by atoms with Gasteiger partial charge in [-0.1, -0.05) is 110 Å². The normalized spacial score (nSPS) is 18.0. The van der Waals surface area contributed by atoms with Crippen LogP contribution in [0.15, 0.2) is 175 Å². The number of hydrogen-bond donors (Lipinski definition) is 5. The van der Waals surface area contributed by atoms with E-state index >= 15 is 0 Å². The van der Waals surface area contributed by atoms with Crippen molar-refractivity contribution < 1.29 is 71.0 Å². The Kier molecular flexibility index (Phi) is 23.5. The first-order chi connectivity index (χ1) is 51.2. The number of H-pyrrole nitrogens is 1. The molecular formula is C75H79N12O16PS. The van der Waals surface area contributed by atoms with E-state index in [0.717, 1.165) is 38.9 Å². The summed E-state index contributed by atoms with van der Waals surface area (Å²) in [5, 5.41) is 19.8. The van der Waals surface area contributed by atoms with Crippen molar-refractivity contribution in [3.05, 3.63) is 214 Å². The summed E-state index contributed by atoms with van der Waals surface area (Å²) >= 11 is 1.55. The number of nitrogens with zero attached hydrogens (tertiary/aromatic N) is 8. The van der Waals surface area contributed by atoms with E-state index in [-0.39, 0.29) is 105 Å². The number of amides is 4. The monoisotopic (exact) mass is 1470 g/mol. The number of anilines is 3. The first-order valence-electron chi connectivity index (χ1n) is 34.3. The van der Waals surface area contributed by atoms with Gasteiger partial charge in [0, 0.05) is 55.8 Å². The first kappa shape index (κ1) is 73.1. The lowest BCUT2D eigenvalue weighted by Gasteiger charge is -2.37. The van der Waals surface area contributed by atoms with Crippen molar-refractivity contribution in [3.8, 4) is 22.6 Å². The topological polar surface area (TPSA) is 327 Å². The Balaban J connectivity index is 0.714. The number of aromatic nitrogens is 8. The molecule has 2 aliphatic heterocycles. The number of carbonyl (C=O) groups excluding carboxylic acids is 4. The average molecular weight is 1470 g/mol. The minimum atomic E-state index is -2.25. The summed E-state index contributed by atoms with van der Waals surface area (Å²) in [4.78, 5) is 93.2. The number of fused-ring (bicyclic) bond motifs is 5. The van der Waals surface area contributed by atoms with Crippen molar-refractivity contribution in [2.45, 2.75) is 87.4 Å². The molecule has 3 unspecified atom stereocenters. The highest BCUT2D eigenvalue weighted by Gasteiger charge is 2.46. The fraction of sp³-hybridized carbons (Fsp3) is 0.333. The molecule has 30 heteroatoms. The molecule has 105 heavy (non-hydrogen) atoms. The molecule has 6 heterocycles.